The second kappa shape index (κ2) is 8.86. The van der Waals surface area contributed by atoms with Gasteiger partial charge in [-0.05, 0) is 69.5 Å². The summed E-state index contributed by atoms with van der Waals surface area (Å²) in [5.41, 5.74) is 8.40. The molecule has 3 N–H and O–H groups in total. The van der Waals surface area contributed by atoms with Crippen molar-refractivity contribution in [2.45, 2.75) is 43.4 Å². The highest BCUT2D eigenvalue weighted by Crippen LogP contribution is 2.52. The molecular weight excluding hydrogens is 444 g/mol. The molecule has 0 amide bonds. The van der Waals surface area contributed by atoms with Crippen molar-refractivity contribution in [3.63, 3.8) is 0 Å². The van der Waals surface area contributed by atoms with Gasteiger partial charge < -0.3 is 10.8 Å². The van der Waals surface area contributed by atoms with Gasteiger partial charge in [-0.2, -0.15) is 5.26 Å². The van der Waals surface area contributed by atoms with E-state index in [1.54, 1.807) is 12.1 Å². The Labute approximate surface area is 195 Å². The molecule has 34 heavy (non-hydrogen) atoms. The van der Waals surface area contributed by atoms with Crippen LogP contribution in [0.4, 0.5) is 17.6 Å². The van der Waals surface area contributed by atoms with Crippen molar-refractivity contribution in [1.82, 2.24) is 0 Å². The number of fused-ring (bicyclic) bond motifs is 2. The van der Waals surface area contributed by atoms with Crippen LogP contribution >= 0.6 is 0 Å². The smallest absolute Gasteiger partial charge is 0.281 e. The summed E-state index contributed by atoms with van der Waals surface area (Å²) in [6.07, 6.45) is -0.900. The maximum atomic E-state index is 14.8. The van der Waals surface area contributed by atoms with Crippen LogP contribution in [0.2, 0.25) is 0 Å². The Morgan fingerprint density at radius 3 is 2.53 bits per heavy atom. The molecule has 0 saturated carbocycles. The average Bonchev–Trinajstić information content (AvgIpc) is 3.06. The molecule has 2 aromatic carbocycles. The van der Waals surface area contributed by atoms with Crippen LogP contribution in [-0.4, -0.2) is 17.6 Å². The van der Waals surface area contributed by atoms with Crippen LogP contribution in [0.5, 0.6) is 0 Å². The highest BCUT2D eigenvalue weighted by atomic mass is 19.3. The number of alkyl halides is 3. The standard InChI is InChI=1S/C27H24F4N2O/c1-3-14(12-32)17(4-2)19-6-5-18(22-11-27(30,31)26(34)25(19)22)20-7-8-23(29)21-10-16(28)9-15(13-33)24(20)21/h3-6,9-10,20,23,26,34H,1-2,7-8,11-12,32H2/b17-14-. The van der Waals surface area contributed by atoms with Gasteiger partial charge in [0.1, 0.15) is 18.1 Å². The van der Waals surface area contributed by atoms with E-state index in [9.17, 15) is 27.9 Å². The maximum absolute atomic E-state index is 14.8. The lowest BCUT2D eigenvalue weighted by Crippen LogP contribution is -2.22. The molecule has 2 aromatic rings. The number of aliphatic hydroxyl groups excluding tert-OH is 1. The molecule has 3 atom stereocenters. The third-order valence-corrected chi connectivity index (χ3v) is 6.85. The molecule has 0 saturated heterocycles. The van der Waals surface area contributed by atoms with Gasteiger partial charge in [0.2, 0.25) is 0 Å². The molecule has 0 spiro atoms. The van der Waals surface area contributed by atoms with Crippen molar-refractivity contribution in [2.75, 3.05) is 6.54 Å². The third kappa shape index (κ3) is 3.67. The summed E-state index contributed by atoms with van der Waals surface area (Å²) in [4.78, 5) is 0. The van der Waals surface area contributed by atoms with Gasteiger partial charge in [0, 0.05) is 18.9 Å². The summed E-state index contributed by atoms with van der Waals surface area (Å²) in [6, 6.07) is 7.32. The number of nitrogens with zero attached hydrogens (tertiary/aromatic N) is 1. The van der Waals surface area contributed by atoms with Gasteiger partial charge in [-0.1, -0.05) is 37.4 Å². The summed E-state index contributed by atoms with van der Waals surface area (Å²) in [5.74, 6) is -4.73. The van der Waals surface area contributed by atoms with Gasteiger partial charge in [-0.15, -0.1) is 0 Å². The molecule has 0 aromatic heterocycles. The molecule has 0 bridgehead atoms. The molecule has 0 heterocycles. The highest BCUT2D eigenvalue weighted by Gasteiger charge is 2.50. The normalized spacial score (nSPS) is 23.4. The first kappa shape index (κ1) is 23.9. The van der Waals surface area contributed by atoms with Crippen LogP contribution < -0.4 is 5.73 Å². The molecular formula is C27H24F4N2O. The third-order valence-electron chi connectivity index (χ3n) is 6.85. The summed E-state index contributed by atoms with van der Waals surface area (Å²) >= 11 is 0. The van der Waals surface area contributed by atoms with Crippen LogP contribution in [-0.2, 0) is 6.42 Å². The average molecular weight is 468 g/mol. The number of aliphatic hydroxyl groups is 1. The van der Waals surface area contributed by atoms with Gasteiger partial charge in [0.25, 0.3) is 5.92 Å². The van der Waals surface area contributed by atoms with E-state index in [-0.39, 0.29) is 41.6 Å². The zero-order chi connectivity index (χ0) is 24.8. The van der Waals surface area contributed by atoms with Gasteiger partial charge >= 0.3 is 0 Å². The van der Waals surface area contributed by atoms with Crippen LogP contribution in [0.1, 0.15) is 70.0 Å². The van der Waals surface area contributed by atoms with Crippen molar-refractivity contribution in [3.8, 4) is 6.07 Å². The van der Waals surface area contributed by atoms with Gasteiger partial charge in [-0.3, -0.25) is 0 Å². The monoisotopic (exact) mass is 468 g/mol. The lowest BCUT2D eigenvalue weighted by molar-refractivity contribution is -0.0969. The predicted molar refractivity (Wildman–Crippen MR) is 122 cm³/mol. The number of rotatable bonds is 5. The van der Waals surface area contributed by atoms with E-state index in [0.717, 1.165) is 12.1 Å². The number of hydrogen-bond acceptors (Lipinski definition) is 3. The number of nitrogens with two attached hydrogens (primary N) is 1. The van der Waals surface area contributed by atoms with Crippen molar-refractivity contribution in [2.24, 2.45) is 5.73 Å². The Morgan fingerprint density at radius 2 is 1.91 bits per heavy atom. The fourth-order valence-electron chi connectivity index (χ4n) is 5.32. The molecule has 3 unspecified atom stereocenters. The summed E-state index contributed by atoms with van der Waals surface area (Å²) < 4.78 is 58.5. The number of nitriles is 1. The molecule has 176 valence electrons. The molecule has 0 fully saturated rings. The minimum atomic E-state index is -3.42. The minimum Gasteiger partial charge on any atom is -0.382 e. The van der Waals surface area contributed by atoms with Crippen LogP contribution in [0, 0.1) is 17.1 Å². The van der Waals surface area contributed by atoms with Crippen LogP contribution in [0.15, 0.2) is 55.1 Å². The van der Waals surface area contributed by atoms with Gasteiger partial charge in [0.15, 0.2) is 0 Å². The van der Waals surface area contributed by atoms with E-state index >= 15 is 0 Å². The van der Waals surface area contributed by atoms with E-state index in [2.05, 4.69) is 13.2 Å². The fourth-order valence-corrected chi connectivity index (χ4v) is 5.32. The highest BCUT2D eigenvalue weighted by molar-refractivity contribution is 5.82. The lowest BCUT2D eigenvalue weighted by atomic mass is 9.74. The van der Waals surface area contributed by atoms with E-state index in [0.29, 0.717) is 27.8 Å². The lowest BCUT2D eigenvalue weighted by Gasteiger charge is -2.31. The van der Waals surface area contributed by atoms with Crippen LogP contribution in [0.25, 0.3) is 5.57 Å². The maximum Gasteiger partial charge on any atom is 0.281 e. The summed E-state index contributed by atoms with van der Waals surface area (Å²) in [5, 5.41) is 20.2. The Bertz CT molecular complexity index is 1260. The molecule has 2 aliphatic carbocycles. The van der Waals surface area contributed by atoms with Gasteiger partial charge in [0.05, 0.1) is 11.6 Å². The van der Waals surface area contributed by atoms with Crippen LogP contribution in [0.3, 0.4) is 0 Å². The number of halogens is 4. The Morgan fingerprint density at radius 1 is 1.18 bits per heavy atom. The Kier molecular flexibility index (Phi) is 6.24. The molecule has 7 heteroatoms. The molecule has 4 rings (SSSR count). The predicted octanol–water partition coefficient (Wildman–Crippen LogP) is 5.94. The quantitative estimate of drug-likeness (QED) is 0.421. The van der Waals surface area contributed by atoms with Crippen molar-refractivity contribution in [1.29, 1.82) is 5.26 Å². The summed E-state index contributed by atoms with van der Waals surface area (Å²) in [6.45, 7) is 7.60. The largest absolute Gasteiger partial charge is 0.382 e. The van der Waals surface area contributed by atoms with Crippen molar-refractivity contribution >= 4 is 5.57 Å². The molecule has 0 aliphatic heterocycles. The fraction of sp³-hybridized carbons (Fsp3) is 0.296. The van der Waals surface area contributed by atoms with Crippen molar-refractivity contribution < 1.29 is 22.7 Å². The first-order valence-corrected chi connectivity index (χ1v) is 11.0. The van der Waals surface area contributed by atoms with E-state index in [1.807, 2.05) is 6.07 Å². The zero-order valence-electron chi connectivity index (χ0n) is 18.4. The minimum absolute atomic E-state index is 0.0192. The number of allylic oxidation sites excluding steroid dienone is 2. The Hall–Kier alpha value is -3.21. The summed E-state index contributed by atoms with van der Waals surface area (Å²) in [7, 11) is 0. The SMILES string of the molecule is C=C/C(CN)=C(\C=C)c1ccc(C2CCC(F)c3cc(F)cc(C#N)c32)c2c1C(O)C(F)(F)C2. The van der Waals surface area contributed by atoms with E-state index in [1.165, 1.54) is 12.2 Å². The second-order valence-corrected chi connectivity index (χ2v) is 8.65. The topological polar surface area (TPSA) is 70.0 Å². The van der Waals surface area contributed by atoms with Crippen molar-refractivity contribution in [3.05, 3.63) is 99.9 Å². The zero-order valence-corrected chi connectivity index (χ0v) is 18.4. The molecule has 2 aliphatic rings. The number of hydrogen-bond donors (Lipinski definition) is 2. The molecule has 3 nitrogen and oxygen atoms in total. The number of benzene rings is 2. The first-order chi connectivity index (χ1) is 16.2. The molecule has 0 radical (unpaired) electrons. The van der Waals surface area contributed by atoms with Gasteiger partial charge in [-0.25, -0.2) is 17.6 Å². The second-order valence-electron chi connectivity index (χ2n) is 8.65. The first-order valence-electron chi connectivity index (χ1n) is 11.0. The Balaban J connectivity index is 2.00. The van der Waals surface area contributed by atoms with E-state index in [4.69, 9.17) is 5.73 Å². The van der Waals surface area contributed by atoms with E-state index < -0.39 is 36.4 Å².